The molecule has 0 spiro atoms. The lowest BCUT2D eigenvalue weighted by Gasteiger charge is -2.14. The Morgan fingerprint density at radius 1 is 1.31 bits per heavy atom. The van der Waals surface area contributed by atoms with Crippen LogP contribution in [0, 0.1) is 0 Å². The summed E-state index contributed by atoms with van der Waals surface area (Å²) in [6.45, 7) is 0.954. The van der Waals surface area contributed by atoms with E-state index >= 15 is 0 Å². The van der Waals surface area contributed by atoms with Gasteiger partial charge in [0.05, 0.1) is 5.01 Å². The van der Waals surface area contributed by atoms with E-state index in [2.05, 4.69) is 25.6 Å². The molecule has 0 bridgehead atoms. The van der Waals surface area contributed by atoms with E-state index in [1.165, 1.54) is 12.8 Å². The first-order valence-corrected chi connectivity index (χ1v) is 10.4. The zero-order valence-electron chi connectivity index (χ0n) is 16.1. The molecule has 2 aromatic rings. The number of rotatable bonds is 7. The molecule has 1 aliphatic carbocycles. The number of pyridine rings is 1. The smallest absolute Gasteiger partial charge is 0.434 e. The number of guanidine groups is 1. The molecule has 2 heterocycles. The maximum absolute atomic E-state index is 12.6. The highest BCUT2D eigenvalue weighted by Gasteiger charge is 2.33. The zero-order chi connectivity index (χ0) is 20.7. The van der Waals surface area contributed by atoms with Gasteiger partial charge in [0.1, 0.15) is 6.10 Å². The standard InChI is InChI=1S/C19H24F3N5OS/c1-23-18(25-9-7-17-27-15(12-29-17)19(20,21)22)26-11-13-6-8-24-16(10-13)28-14-4-2-3-5-14/h6,8,10,12,14H,2-5,7,9,11H2,1H3,(H2,23,25,26). The second-order valence-corrected chi connectivity index (χ2v) is 7.70. The number of alkyl halides is 3. The number of halogens is 3. The molecule has 0 radical (unpaired) electrons. The molecule has 2 N–H and O–H groups in total. The van der Waals surface area contributed by atoms with Gasteiger partial charge in [-0.3, -0.25) is 4.99 Å². The van der Waals surface area contributed by atoms with Crippen LogP contribution in [0.4, 0.5) is 13.2 Å². The molecule has 0 saturated heterocycles. The summed E-state index contributed by atoms with van der Waals surface area (Å²) in [5.74, 6) is 1.19. The first-order chi connectivity index (χ1) is 13.9. The molecule has 29 heavy (non-hydrogen) atoms. The number of hydrogen-bond acceptors (Lipinski definition) is 5. The molecule has 1 saturated carbocycles. The fourth-order valence-corrected chi connectivity index (χ4v) is 3.86. The van der Waals surface area contributed by atoms with Gasteiger partial charge in [0.15, 0.2) is 11.7 Å². The zero-order valence-corrected chi connectivity index (χ0v) is 16.9. The Labute approximate surface area is 171 Å². The SMILES string of the molecule is CN=C(NCCc1nc(C(F)(F)F)cs1)NCc1ccnc(OC2CCCC2)c1. The third kappa shape index (κ3) is 6.59. The van der Waals surface area contributed by atoms with Gasteiger partial charge in [0.2, 0.25) is 5.88 Å². The maximum Gasteiger partial charge on any atom is 0.434 e. The quantitative estimate of drug-likeness (QED) is 0.520. The van der Waals surface area contributed by atoms with Crippen LogP contribution in [0.15, 0.2) is 28.7 Å². The lowest BCUT2D eigenvalue weighted by molar-refractivity contribution is -0.140. The first-order valence-electron chi connectivity index (χ1n) is 9.52. The van der Waals surface area contributed by atoms with E-state index in [9.17, 15) is 13.2 Å². The second kappa shape index (κ2) is 9.91. The van der Waals surface area contributed by atoms with Gasteiger partial charge in [-0.2, -0.15) is 13.2 Å². The Morgan fingerprint density at radius 3 is 2.79 bits per heavy atom. The molecule has 6 nitrogen and oxygen atoms in total. The molecular formula is C19H24F3N5OS. The third-order valence-corrected chi connectivity index (χ3v) is 5.45. The Balaban J connectivity index is 1.44. The van der Waals surface area contributed by atoms with E-state index in [0.29, 0.717) is 36.4 Å². The van der Waals surface area contributed by atoms with Crippen molar-refractivity contribution in [2.24, 2.45) is 4.99 Å². The van der Waals surface area contributed by atoms with Gasteiger partial charge in [-0.25, -0.2) is 9.97 Å². The third-order valence-electron chi connectivity index (χ3n) is 4.55. The Kier molecular flexibility index (Phi) is 7.29. The molecule has 0 atom stereocenters. The summed E-state index contributed by atoms with van der Waals surface area (Å²) in [4.78, 5) is 12.0. The summed E-state index contributed by atoms with van der Waals surface area (Å²) in [7, 11) is 1.64. The van der Waals surface area contributed by atoms with Crippen LogP contribution in [0.1, 0.15) is 41.9 Å². The first kappa shape index (κ1) is 21.4. The fraction of sp³-hybridized carbons (Fsp3) is 0.526. The van der Waals surface area contributed by atoms with Crippen LogP contribution in [-0.4, -0.2) is 35.6 Å². The van der Waals surface area contributed by atoms with Crippen LogP contribution >= 0.6 is 11.3 Å². The Morgan fingerprint density at radius 2 is 2.10 bits per heavy atom. The van der Waals surface area contributed by atoms with Crippen molar-refractivity contribution in [3.8, 4) is 5.88 Å². The largest absolute Gasteiger partial charge is 0.474 e. The summed E-state index contributed by atoms with van der Waals surface area (Å²) in [6.07, 6.45) is 2.51. The van der Waals surface area contributed by atoms with Gasteiger partial charge in [-0.15, -0.1) is 11.3 Å². The minimum Gasteiger partial charge on any atom is -0.474 e. The van der Waals surface area contributed by atoms with Crippen molar-refractivity contribution in [1.82, 2.24) is 20.6 Å². The lowest BCUT2D eigenvalue weighted by atomic mass is 10.2. The van der Waals surface area contributed by atoms with Crippen LogP contribution < -0.4 is 15.4 Å². The van der Waals surface area contributed by atoms with Gasteiger partial charge in [-0.1, -0.05) is 0 Å². The summed E-state index contributed by atoms with van der Waals surface area (Å²) in [5, 5.41) is 7.74. The lowest BCUT2D eigenvalue weighted by Crippen LogP contribution is -2.37. The van der Waals surface area contributed by atoms with Crippen LogP contribution in [0.2, 0.25) is 0 Å². The minimum absolute atomic E-state index is 0.254. The van der Waals surface area contributed by atoms with Crippen LogP contribution in [0.5, 0.6) is 5.88 Å². The molecule has 2 aromatic heterocycles. The molecule has 1 aliphatic rings. The highest BCUT2D eigenvalue weighted by molar-refractivity contribution is 7.09. The number of hydrogen-bond donors (Lipinski definition) is 2. The van der Waals surface area contributed by atoms with Crippen molar-refractivity contribution in [3.05, 3.63) is 40.0 Å². The van der Waals surface area contributed by atoms with Crippen molar-refractivity contribution in [1.29, 1.82) is 0 Å². The number of thiazole rings is 1. The van der Waals surface area contributed by atoms with Gasteiger partial charge < -0.3 is 15.4 Å². The second-order valence-electron chi connectivity index (χ2n) is 6.75. The van der Waals surface area contributed by atoms with E-state index in [4.69, 9.17) is 4.74 Å². The van der Waals surface area contributed by atoms with Crippen LogP contribution in [0.25, 0.3) is 0 Å². The number of aliphatic imine (C=N–C) groups is 1. The number of aromatic nitrogens is 2. The van der Waals surface area contributed by atoms with Crippen LogP contribution in [-0.2, 0) is 19.1 Å². The Hall–Kier alpha value is -2.36. The van der Waals surface area contributed by atoms with E-state index < -0.39 is 11.9 Å². The molecule has 3 rings (SSSR count). The molecule has 1 fully saturated rings. The molecular weight excluding hydrogens is 403 g/mol. The average molecular weight is 427 g/mol. The highest BCUT2D eigenvalue weighted by atomic mass is 32.1. The predicted molar refractivity (Wildman–Crippen MR) is 106 cm³/mol. The van der Waals surface area contributed by atoms with E-state index in [-0.39, 0.29) is 6.10 Å². The highest BCUT2D eigenvalue weighted by Crippen LogP contribution is 2.30. The van der Waals surface area contributed by atoms with Crippen molar-refractivity contribution in [2.75, 3.05) is 13.6 Å². The van der Waals surface area contributed by atoms with E-state index in [0.717, 1.165) is 35.1 Å². The normalized spacial score (nSPS) is 15.5. The van der Waals surface area contributed by atoms with E-state index in [1.807, 2.05) is 12.1 Å². The van der Waals surface area contributed by atoms with Crippen molar-refractivity contribution in [3.63, 3.8) is 0 Å². The van der Waals surface area contributed by atoms with Gasteiger partial charge >= 0.3 is 6.18 Å². The summed E-state index contributed by atoms with van der Waals surface area (Å²) in [5.41, 5.74) is 0.166. The fourth-order valence-electron chi connectivity index (χ4n) is 3.05. The number of nitrogens with zero attached hydrogens (tertiary/aromatic N) is 3. The van der Waals surface area contributed by atoms with Gasteiger partial charge in [-0.05, 0) is 37.3 Å². The number of nitrogens with one attached hydrogen (secondary N) is 2. The summed E-state index contributed by atoms with van der Waals surface area (Å²) >= 11 is 1.01. The molecule has 10 heteroatoms. The molecule has 0 aromatic carbocycles. The van der Waals surface area contributed by atoms with Crippen molar-refractivity contribution >= 4 is 17.3 Å². The molecule has 0 aliphatic heterocycles. The molecule has 158 valence electrons. The van der Waals surface area contributed by atoms with E-state index in [1.54, 1.807) is 13.2 Å². The molecule has 0 amide bonds. The number of ether oxygens (including phenoxy) is 1. The van der Waals surface area contributed by atoms with Gasteiger partial charge in [0, 0.05) is 44.2 Å². The summed E-state index contributed by atoms with van der Waals surface area (Å²) in [6, 6.07) is 3.81. The predicted octanol–water partition coefficient (Wildman–Crippen LogP) is 3.79. The van der Waals surface area contributed by atoms with Crippen molar-refractivity contribution in [2.45, 2.75) is 50.9 Å². The minimum atomic E-state index is -4.40. The Bertz CT molecular complexity index is 818. The molecule has 0 unspecified atom stereocenters. The average Bonchev–Trinajstić information content (AvgIpc) is 3.36. The van der Waals surface area contributed by atoms with Crippen LogP contribution in [0.3, 0.4) is 0 Å². The van der Waals surface area contributed by atoms with Crippen molar-refractivity contribution < 1.29 is 17.9 Å². The van der Waals surface area contributed by atoms with Gasteiger partial charge in [0.25, 0.3) is 0 Å². The monoisotopic (exact) mass is 427 g/mol. The topological polar surface area (TPSA) is 71.4 Å². The maximum atomic E-state index is 12.6. The summed E-state index contributed by atoms with van der Waals surface area (Å²) < 4.78 is 43.7.